The molecule has 2 fully saturated rings. The van der Waals surface area contributed by atoms with Gasteiger partial charge in [0.1, 0.15) is 17.2 Å². The van der Waals surface area contributed by atoms with E-state index in [2.05, 4.69) is 25.5 Å². The van der Waals surface area contributed by atoms with Gasteiger partial charge in [-0.05, 0) is 63.9 Å². The lowest BCUT2D eigenvalue weighted by Crippen LogP contribution is -2.46. The number of carbonyl (C=O) groups excluding carboxylic acids is 2. The highest BCUT2D eigenvalue weighted by Crippen LogP contribution is 2.35. The first kappa shape index (κ1) is 32.0. The van der Waals surface area contributed by atoms with Gasteiger partial charge in [0, 0.05) is 72.2 Å². The van der Waals surface area contributed by atoms with Crippen molar-refractivity contribution in [1.29, 1.82) is 0 Å². The van der Waals surface area contributed by atoms with Crippen LogP contribution in [-0.4, -0.2) is 73.0 Å². The molecule has 11 nitrogen and oxygen atoms in total. The SMILES string of the molecule is CC(C)(C)OC(=O)NC1CCN(c2nccc(Oc3ccc(NC(=O)c4cc(F)cc(N5CCOCC5)c4)c4ccccc34)n2)CC1. The van der Waals surface area contributed by atoms with Gasteiger partial charge >= 0.3 is 6.09 Å². The van der Waals surface area contributed by atoms with E-state index in [4.69, 9.17) is 14.2 Å². The molecule has 0 unspecified atom stereocenters. The molecule has 3 aromatic carbocycles. The summed E-state index contributed by atoms with van der Waals surface area (Å²) in [6.45, 7) is 9.24. The van der Waals surface area contributed by atoms with Crippen LogP contribution in [0.15, 0.2) is 66.9 Å². The van der Waals surface area contributed by atoms with Crippen molar-refractivity contribution < 1.29 is 28.2 Å². The molecule has 2 saturated heterocycles. The Balaban J connectivity index is 1.14. The zero-order valence-electron chi connectivity index (χ0n) is 26.8. The first-order valence-electron chi connectivity index (χ1n) is 15.8. The fourth-order valence-corrected chi connectivity index (χ4v) is 5.73. The third-order valence-corrected chi connectivity index (χ3v) is 7.98. The lowest BCUT2D eigenvalue weighted by molar-refractivity contribution is 0.0497. The van der Waals surface area contributed by atoms with Crippen molar-refractivity contribution >= 4 is 40.1 Å². The second-order valence-electron chi connectivity index (χ2n) is 12.6. The van der Waals surface area contributed by atoms with Gasteiger partial charge in [-0.1, -0.05) is 24.3 Å². The Hall–Kier alpha value is -4.97. The molecule has 0 bridgehead atoms. The van der Waals surface area contributed by atoms with Crippen LogP contribution in [0.1, 0.15) is 44.0 Å². The van der Waals surface area contributed by atoms with Crippen molar-refractivity contribution in [2.45, 2.75) is 45.3 Å². The summed E-state index contributed by atoms with van der Waals surface area (Å²) in [7, 11) is 0. The summed E-state index contributed by atoms with van der Waals surface area (Å²) in [4.78, 5) is 38.7. The van der Waals surface area contributed by atoms with Crippen LogP contribution in [0, 0.1) is 5.82 Å². The Kier molecular flexibility index (Phi) is 9.39. The molecule has 2 aliphatic heterocycles. The molecule has 0 aliphatic carbocycles. The Morgan fingerprint density at radius 3 is 2.43 bits per heavy atom. The molecular formula is C35H39FN6O5. The van der Waals surface area contributed by atoms with Gasteiger partial charge in [0.25, 0.3) is 5.91 Å². The number of alkyl carbamates (subject to hydrolysis) is 1. The van der Waals surface area contributed by atoms with Crippen LogP contribution in [0.3, 0.4) is 0 Å². The number of nitrogens with zero attached hydrogens (tertiary/aromatic N) is 4. The van der Waals surface area contributed by atoms with Gasteiger partial charge in [0.15, 0.2) is 0 Å². The summed E-state index contributed by atoms with van der Waals surface area (Å²) >= 11 is 0. The number of amides is 2. The quantitative estimate of drug-likeness (QED) is 0.245. The van der Waals surface area contributed by atoms with Crippen LogP contribution in [0.4, 0.5) is 26.5 Å². The number of carbonyl (C=O) groups is 2. The highest BCUT2D eigenvalue weighted by molar-refractivity contribution is 6.10. The average Bonchev–Trinajstić information content (AvgIpc) is 3.05. The van der Waals surface area contributed by atoms with E-state index in [1.54, 1.807) is 30.5 Å². The van der Waals surface area contributed by atoms with Crippen molar-refractivity contribution in [3.8, 4) is 11.6 Å². The number of ether oxygens (including phenoxy) is 3. The van der Waals surface area contributed by atoms with Gasteiger partial charge < -0.3 is 34.6 Å². The molecule has 0 radical (unpaired) electrons. The summed E-state index contributed by atoms with van der Waals surface area (Å²) in [5, 5.41) is 7.44. The van der Waals surface area contributed by atoms with Crippen LogP contribution in [-0.2, 0) is 9.47 Å². The van der Waals surface area contributed by atoms with Gasteiger partial charge in [-0.3, -0.25) is 4.79 Å². The van der Waals surface area contributed by atoms with E-state index in [-0.39, 0.29) is 11.6 Å². The molecule has 2 amide bonds. The van der Waals surface area contributed by atoms with Crippen molar-refractivity contribution in [3.05, 3.63) is 78.2 Å². The number of anilines is 3. The number of hydrogen-bond donors (Lipinski definition) is 2. The molecule has 3 heterocycles. The number of rotatable bonds is 7. The van der Waals surface area contributed by atoms with Crippen LogP contribution < -0.4 is 25.2 Å². The molecule has 246 valence electrons. The van der Waals surface area contributed by atoms with E-state index in [0.717, 1.165) is 23.6 Å². The van der Waals surface area contributed by atoms with E-state index in [0.29, 0.717) is 68.3 Å². The molecule has 2 aliphatic rings. The molecule has 0 atom stereocenters. The minimum absolute atomic E-state index is 0.0126. The summed E-state index contributed by atoms with van der Waals surface area (Å²) in [5.41, 5.74) is 0.906. The molecule has 4 aromatic rings. The van der Waals surface area contributed by atoms with Crippen molar-refractivity contribution in [2.24, 2.45) is 0 Å². The Bertz CT molecular complexity index is 1750. The molecule has 0 spiro atoms. The maximum atomic E-state index is 14.6. The number of fused-ring (bicyclic) bond motifs is 1. The number of benzene rings is 3. The van der Waals surface area contributed by atoms with Gasteiger partial charge in [-0.15, -0.1) is 0 Å². The maximum Gasteiger partial charge on any atom is 0.407 e. The van der Waals surface area contributed by atoms with Gasteiger partial charge in [0.2, 0.25) is 11.8 Å². The summed E-state index contributed by atoms with van der Waals surface area (Å²) in [5.74, 6) is 0.588. The lowest BCUT2D eigenvalue weighted by Gasteiger charge is -2.32. The Labute approximate surface area is 273 Å². The third-order valence-electron chi connectivity index (χ3n) is 7.98. The van der Waals surface area contributed by atoms with Crippen molar-refractivity contribution in [3.63, 3.8) is 0 Å². The van der Waals surface area contributed by atoms with Gasteiger partial charge in [-0.25, -0.2) is 14.2 Å². The highest BCUT2D eigenvalue weighted by Gasteiger charge is 2.25. The Morgan fingerprint density at radius 2 is 1.68 bits per heavy atom. The minimum Gasteiger partial charge on any atom is -0.444 e. The second-order valence-corrected chi connectivity index (χ2v) is 12.6. The number of piperidine rings is 1. The van der Waals surface area contributed by atoms with E-state index in [9.17, 15) is 14.0 Å². The van der Waals surface area contributed by atoms with E-state index >= 15 is 0 Å². The van der Waals surface area contributed by atoms with E-state index in [1.165, 1.54) is 12.1 Å². The predicted molar refractivity (Wildman–Crippen MR) is 178 cm³/mol. The molecule has 2 N–H and O–H groups in total. The first-order chi connectivity index (χ1) is 22.6. The topological polar surface area (TPSA) is 118 Å². The maximum absolute atomic E-state index is 14.6. The molecule has 12 heteroatoms. The smallest absolute Gasteiger partial charge is 0.407 e. The second kappa shape index (κ2) is 13.8. The molecule has 6 rings (SSSR count). The standard InChI is InChI=1S/C35H39FN6O5/c1-35(2,3)47-34(44)38-25-11-14-42(15-12-25)33-37-13-10-31(40-33)46-30-9-8-29(27-6-4-5-7-28(27)30)39-32(43)23-20-24(36)22-26(21-23)41-16-18-45-19-17-41/h4-10,13,20-22,25H,11-12,14-19H2,1-3H3,(H,38,44)(H,39,43). The highest BCUT2D eigenvalue weighted by atomic mass is 19.1. The van der Waals surface area contributed by atoms with Gasteiger partial charge in [0.05, 0.1) is 13.2 Å². The Morgan fingerprint density at radius 1 is 0.936 bits per heavy atom. The molecule has 47 heavy (non-hydrogen) atoms. The van der Waals surface area contributed by atoms with Crippen LogP contribution in [0.25, 0.3) is 10.8 Å². The minimum atomic E-state index is -0.546. The van der Waals surface area contributed by atoms with Crippen molar-refractivity contribution in [2.75, 3.05) is 54.5 Å². The van der Waals surface area contributed by atoms with Crippen molar-refractivity contribution in [1.82, 2.24) is 15.3 Å². The number of halogens is 1. The molecule has 0 saturated carbocycles. The largest absolute Gasteiger partial charge is 0.444 e. The lowest BCUT2D eigenvalue weighted by atomic mass is 10.1. The third kappa shape index (κ3) is 8.07. The van der Waals surface area contributed by atoms with E-state index in [1.807, 2.05) is 49.9 Å². The number of nitrogens with one attached hydrogen (secondary N) is 2. The summed E-state index contributed by atoms with van der Waals surface area (Å²) < 4.78 is 31.6. The fraction of sp³-hybridized carbons (Fsp3) is 0.371. The number of aromatic nitrogens is 2. The van der Waals surface area contributed by atoms with E-state index < -0.39 is 23.4 Å². The molecular weight excluding hydrogens is 603 g/mol. The average molecular weight is 643 g/mol. The zero-order valence-corrected chi connectivity index (χ0v) is 26.8. The van der Waals surface area contributed by atoms with Crippen LogP contribution in [0.5, 0.6) is 11.6 Å². The molecule has 1 aromatic heterocycles. The van der Waals surface area contributed by atoms with Gasteiger partial charge in [-0.2, -0.15) is 4.98 Å². The van der Waals surface area contributed by atoms with Crippen LogP contribution >= 0.6 is 0 Å². The number of hydrogen-bond acceptors (Lipinski definition) is 9. The number of morpholine rings is 1. The monoisotopic (exact) mass is 642 g/mol. The first-order valence-corrected chi connectivity index (χ1v) is 15.8. The fourth-order valence-electron chi connectivity index (χ4n) is 5.73. The van der Waals surface area contributed by atoms with Crippen LogP contribution in [0.2, 0.25) is 0 Å². The summed E-state index contributed by atoms with van der Waals surface area (Å²) in [6, 6.07) is 17.2. The normalized spacial score (nSPS) is 15.7. The predicted octanol–water partition coefficient (Wildman–Crippen LogP) is 6.14. The zero-order chi connectivity index (χ0) is 33.0. The summed E-state index contributed by atoms with van der Waals surface area (Å²) in [6.07, 6.45) is 2.71.